The summed E-state index contributed by atoms with van der Waals surface area (Å²) in [6, 6.07) is 9.96. The van der Waals surface area contributed by atoms with Crippen molar-refractivity contribution in [3.8, 4) is 12.3 Å². The Bertz CT molecular complexity index is 872. The first kappa shape index (κ1) is 20.6. The molecule has 1 aliphatic rings. The number of benzene rings is 1. The lowest BCUT2D eigenvalue weighted by Crippen LogP contribution is -2.45. The minimum absolute atomic E-state index is 0.153. The van der Waals surface area contributed by atoms with E-state index in [0.717, 1.165) is 48.8 Å². The van der Waals surface area contributed by atoms with E-state index in [1.165, 1.54) is 0 Å². The first-order valence-electron chi connectivity index (χ1n) is 9.85. The van der Waals surface area contributed by atoms with Crippen LogP contribution in [-0.4, -0.2) is 60.2 Å². The molecule has 1 aliphatic heterocycles. The van der Waals surface area contributed by atoms with Gasteiger partial charge in [-0.3, -0.25) is 9.69 Å². The zero-order chi connectivity index (χ0) is 20.6. The van der Waals surface area contributed by atoms with Crippen molar-refractivity contribution >= 4 is 23.3 Å². The number of hydrogen-bond acceptors (Lipinski definition) is 7. The molecule has 7 heteroatoms. The van der Waals surface area contributed by atoms with E-state index >= 15 is 0 Å². The number of rotatable bonds is 7. The minimum atomic E-state index is -0.153. The number of likely N-dealkylation sites (tertiary alicyclic amines) is 1. The Labute approximate surface area is 172 Å². The summed E-state index contributed by atoms with van der Waals surface area (Å²) in [6.45, 7) is 4.35. The van der Waals surface area contributed by atoms with Gasteiger partial charge in [0, 0.05) is 43.5 Å². The second-order valence-electron chi connectivity index (χ2n) is 7.03. The molecule has 0 unspecified atom stereocenters. The van der Waals surface area contributed by atoms with Crippen LogP contribution in [0.25, 0.3) is 0 Å². The number of hydrogen-bond donors (Lipinski definition) is 1. The van der Waals surface area contributed by atoms with E-state index in [0.29, 0.717) is 19.2 Å². The van der Waals surface area contributed by atoms with Gasteiger partial charge < -0.3 is 15.0 Å². The molecule has 0 amide bonds. The average Bonchev–Trinajstić information content (AvgIpc) is 2.74. The lowest BCUT2D eigenvalue weighted by Gasteiger charge is -2.36. The van der Waals surface area contributed by atoms with Crippen molar-refractivity contribution in [2.24, 2.45) is 0 Å². The fourth-order valence-electron chi connectivity index (χ4n) is 3.48. The molecule has 0 saturated carbocycles. The number of esters is 1. The van der Waals surface area contributed by atoms with E-state index in [4.69, 9.17) is 11.2 Å². The molecule has 1 saturated heterocycles. The third kappa shape index (κ3) is 5.69. The summed E-state index contributed by atoms with van der Waals surface area (Å²) in [4.78, 5) is 24.8. The van der Waals surface area contributed by atoms with Gasteiger partial charge in [0.05, 0.1) is 13.2 Å². The maximum Gasteiger partial charge on any atom is 0.320 e. The number of anilines is 3. The van der Waals surface area contributed by atoms with Crippen molar-refractivity contribution < 1.29 is 9.53 Å². The normalized spacial score (nSPS) is 14.8. The summed E-state index contributed by atoms with van der Waals surface area (Å²) in [5, 5.41) is 3.28. The second kappa shape index (κ2) is 9.89. The lowest BCUT2D eigenvalue weighted by molar-refractivity contribution is -0.144. The standard InChI is InChI=1S/C22H27N5O2/c1-4-17-7-6-8-18(13-17)25-20-14-21(24-16-23-20)26(3)19-9-11-27(12-10-19)15-22(28)29-5-2/h1,6-8,13-14,16,19H,5,9-12,15H2,2-3H3,(H,23,24,25). The van der Waals surface area contributed by atoms with Crippen molar-refractivity contribution in [1.29, 1.82) is 0 Å². The summed E-state index contributed by atoms with van der Waals surface area (Å²) in [6.07, 6.45) is 8.97. The summed E-state index contributed by atoms with van der Waals surface area (Å²) in [7, 11) is 2.05. The monoisotopic (exact) mass is 393 g/mol. The second-order valence-corrected chi connectivity index (χ2v) is 7.03. The summed E-state index contributed by atoms with van der Waals surface area (Å²) in [5.41, 5.74) is 1.70. The first-order chi connectivity index (χ1) is 14.1. The van der Waals surface area contributed by atoms with E-state index < -0.39 is 0 Å². The minimum Gasteiger partial charge on any atom is -0.465 e. The van der Waals surface area contributed by atoms with Crippen molar-refractivity contribution in [2.45, 2.75) is 25.8 Å². The smallest absolute Gasteiger partial charge is 0.320 e. The van der Waals surface area contributed by atoms with E-state index in [9.17, 15) is 4.79 Å². The Morgan fingerprint density at radius 3 is 2.86 bits per heavy atom. The van der Waals surface area contributed by atoms with Gasteiger partial charge in [0.1, 0.15) is 18.0 Å². The topological polar surface area (TPSA) is 70.6 Å². The predicted molar refractivity (Wildman–Crippen MR) is 114 cm³/mol. The van der Waals surface area contributed by atoms with Gasteiger partial charge in [0.25, 0.3) is 0 Å². The molecule has 2 aromatic rings. The van der Waals surface area contributed by atoms with Gasteiger partial charge in [-0.05, 0) is 38.0 Å². The first-order valence-corrected chi connectivity index (χ1v) is 9.85. The van der Waals surface area contributed by atoms with Crippen LogP contribution in [0.3, 0.4) is 0 Å². The van der Waals surface area contributed by atoms with Gasteiger partial charge in [-0.1, -0.05) is 12.0 Å². The molecule has 1 aromatic carbocycles. The van der Waals surface area contributed by atoms with Crippen LogP contribution in [0.15, 0.2) is 36.7 Å². The third-order valence-electron chi connectivity index (χ3n) is 5.08. The number of nitrogens with zero attached hydrogens (tertiary/aromatic N) is 4. The highest BCUT2D eigenvalue weighted by atomic mass is 16.5. The maximum absolute atomic E-state index is 11.7. The highest BCUT2D eigenvalue weighted by Gasteiger charge is 2.25. The van der Waals surface area contributed by atoms with E-state index in [2.05, 4.69) is 38.1 Å². The van der Waals surface area contributed by atoms with Crippen LogP contribution in [0, 0.1) is 12.3 Å². The Balaban J connectivity index is 1.59. The number of carbonyl (C=O) groups is 1. The van der Waals surface area contributed by atoms with E-state index in [1.54, 1.807) is 6.33 Å². The number of carbonyl (C=O) groups excluding carboxylic acids is 1. The Morgan fingerprint density at radius 2 is 2.14 bits per heavy atom. The molecule has 1 aromatic heterocycles. The molecule has 1 N–H and O–H groups in total. The Kier molecular flexibility index (Phi) is 7.04. The molecule has 7 nitrogen and oxygen atoms in total. The molecule has 3 rings (SSSR count). The van der Waals surface area contributed by atoms with Crippen LogP contribution in [-0.2, 0) is 9.53 Å². The summed E-state index contributed by atoms with van der Waals surface area (Å²) >= 11 is 0. The Hall–Kier alpha value is -3.11. The number of nitrogens with one attached hydrogen (secondary N) is 1. The molecule has 1 fully saturated rings. The van der Waals surface area contributed by atoms with Crippen LogP contribution in [0.5, 0.6) is 0 Å². The molecule has 0 aliphatic carbocycles. The van der Waals surface area contributed by atoms with Crippen molar-refractivity contribution in [3.05, 3.63) is 42.2 Å². The zero-order valence-corrected chi connectivity index (χ0v) is 17.0. The van der Waals surface area contributed by atoms with Crippen LogP contribution >= 0.6 is 0 Å². The molecule has 0 radical (unpaired) electrons. The predicted octanol–water partition coefficient (Wildman–Crippen LogP) is 2.67. The number of terminal acetylenes is 1. The zero-order valence-electron chi connectivity index (χ0n) is 17.0. The number of ether oxygens (including phenoxy) is 1. The molecule has 152 valence electrons. The van der Waals surface area contributed by atoms with Crippen molar-refractivity contribution in [2.75, 3.05) is 43.5 Å². The van der Waals surface area contributed by atoms with E-state index in [1.807, 2.05) is 37.3 Å². The van der Waals surface area contributed by atoms with Gasteiger partial charge in [-0.2, -0.15) is 0 Å². The average molecular weight is 393 g/mol. The molecule has 0 atom stereocenters. The van der Waals surface area contributed by atoms with Gasteiger partial charge >= 0.3 is 5.97 Å². The molecule has 2 heterocycles. The molecule has 0 spiro atoms. The van der Waals surface area contributed by atoms with Crippen LogP contribution < -0.4 is 10.2 Å². The fourth-order valence-corrected chi connectivity index (χ4v) is 3.48. The van der Waals surface area contributed by atoms with Gasteiger partial charge in [-0.25, -0.2) is 9.97 Å². The largest absolute Gasteiger partial charge is 0.465 e. The fraction of sp³-hybridized carbons (Fsp3) is 0.409. The van der Waals surface area contributed by atoms with Gasteiger partial charge in [-0.15, -0.1) is 6.42 Å². The van der Waals surface area contributed by atoms with Crippen LogP contribution in [0.2, 0.25) is 0 Å². The summed E-state index contributed by atoms with van der Waals surface area (Å²) in [5.74, 6) is 4.06. The Morgan fingerprint density at radius 1 is 1.34 bits per heavy atom. The quantitative estimate of drug-likeness (QED) is 0.573. The number of piperidine rings is 1. The van der Waals surface area contributed by atoms with Gasteiger partial charge in [0.15, 0.2) is 0 Å². The highest BCUT2D eigenvalue weighted by Crippen LogP contribution is 2.23. The van der Waals surface area contributed by atoms with Gasteiger partial charge in [0.2, 0.25) is 0 Å². The molecule has 29 heavy (non-hydrogen) atoms. The van der Waals surface area contributed by atoms with Crippen LogP contribution in [0.1, 0.15) is 25.3 Å². The lowest BCUT2D eigenvalue weighted by atomic mass is 10.0. The summed E-state index contributed by atoms with van der Waals surface area (Å²) < 4.78 is 5.04. The van der Waals surface area contributed by atoms with Crippen LogP contribution in [0.4, 0.5) is 17.3 Å². The third-order valence-corrected chi connectivity index (χ3v) is 5.08. The highest BCUT2D eigenvalue weighted by molar-refractivity contribution is 5.71. The van der Waals surface area contributed by atoms with Crippen molar-refractivity contribution in [1.82, 2.24) is 14.9 Å². The number of aromatic nitrogens is 2. The van der Waals surface area contributed by atoms with Crippen molar-refractivity contribution in [3.63, 3.8) is 0 Å². The maximum atomic E-state index is 11.7. The molecular formula is C22H27N5O2. The molecular weight excluding hydrogens is 366 g/mol. The SMILES string of the molecule is C#Cc1cccc(Nc2cc(N(C)C3CCN(CC(=O)OCC)CC3)ncn2)c1. The molecule has 0 bridgehead atoms. The van der Waals surface area contributed by atoms with E-state index in [-0.39, 0.29) is 5.97 Å².